The third kappa shape index (κ3) is 3.34. The van der Waals surface area contributed by atoms with Crippen LogP contribution < -0.4 is 10.3 Å². The molecule has 1 aromatic heterocycles. The van der Waals surface area contributed by atoms with E-state index in [0.717, 1.165) is 16.8 Å². The molecule has 0 aliphatic carbocycles. The van der Waals surface area contributed by atoms with E-state index in [1.807, 2.05) is 0 Å². The molecule has 19 heavy (non-hydrogen) atoms. The van der Waals surface area contributed by atoms with Crippen LogP contribution in [0.5, 0.6) is 5.75 Å². The molecule has 0 unspecified atom stereocenters. The Morgan fingerprint density at radius 1 is 1.11 bits per heavy atom. The van der Waals surface area contributed by atoms with Crippen LogP contribution in [0.4, 0.5) is 13.2 Å². The minimum atomic E-state index is -4.74. The fourth-order valence-electron chi connectivity index (χ4n) is 1.48. The quantitative estimate of drug-likeness (QED) is 0.841. The lowest BCUT2D eigenvalue weighted by atomic mass is 10.3. The molecule has 0 fully saturated rings. The van der Waals surface area contributed by atoms with Crippen LogP contribution in [0.1, 0.15) is 5.69 Å². The van der Waals surface area contributed by atoms with E-state index in [-0.39, 0.29) is 11.3 Å². The zero-order valence-electron chi connectivity index (χ0n) is 9.81. The first-order valence-electron chi connectivity index (χ1n) is 5.28. The first-order chi connectivity index (χ1) is 8.85. The molecule has 0 spiro atoms. The average molecular weight is 270 g/mol. The second kappa shape index (κ2) is 4.75. The highest BCUT2D eigenvalue weighted by atomic mass is 19.4. The third-order valence-corrected chi connectivity index (χ3v) is 2.25. The molecule has 0 aliphatic heterocycles. The van der Waals surface area contributed by atoms with Gasteiger partial charge in [0.25, 0.3) is 5.56 Å². The fraction of sp³-hybridized carbons (Fsp3) is 0.167. The monoisotopic (exact) mass is 270 g/mol. The Labute approximate surface area is 106 Å². The van der Waals surface area contributed by atoms with Crippen LogP contribution in [0.25, 0.3) is 5.69 Å². The van der Waals surface area contributed by atoms with Gasteiger partial charge in [-0.25, -0.2) is 0 Å². The number of rotatable bonds is 2. The predicted octanol–water partition coefficient (Wildman–Crippen LogP) is 2.44. The Hall–Kier alpha value is -2.31. The van der Waals surface area contributed by atoms with Gasteiger partial charge in [0.15, 0.2) is 0 Å². The minimum absolute atomic E-state index is 0.350. The fourth-order valence-corrected chi connectivity index (χ4v) is 1.48. The van der Waals surface area contributed by atoms with Crippen LogP contribution in [-0.4, -0.2) is 16.1 Å². The standard InChI is InChI=1S/C12H9F3N2O2/c1-8-2-7-11(18)17(16-8)9-3-5-10(6-4-9)19-12(13,14)15/h2-7H,1H3. The Balaban J connectivity index is 2.33. The molecule has 0 saturated heterocycles. The highest BCUT2D eigenvalue weighted by Crippen LogP contribution is 2.23. The van der Waals surface area contributed by atoms with Crippen molar-refractivity contribution in [2.45, 2.75) is 13.3 Å². The van der Waals surface area contributed by atoms with Crippen molar-refractivity contribution in [1.82, 2.24) is 9.78 Å². The van der Waals surface area contributed by atoms with Gasteiger partial charge in [0.1, 0.15) is 5.75 Å². The Bertz CT molecular complexity index is 633. The second-order valence-corrected chi connectivity index (χ2v) is 3.77. The van der Waals surface area contributed by atoms with E-state index >= 15 is 0 Å². The topological polar surface area (TPSA) is 44.1 Å². The highest BCUT2D eigenvalue weighted by Gasteiger charge is 2.30. The lowest BCUT2D eigenvalue weighted by molar-refractivity contribution is -0.274. The van der Waals surface area contributed by atoms with Crippen molar-refractivity contribution in [1.29, 1.82) is 0 Å². The van der Waals surface area contributed by atoms with Gasteiger partial charge < -0.3 is 4.74 Å². The Kier molecular flexibility index (Phi) is 3.28. The Morgan fingerprint density at radius 3 is 2.32 bits per heavy atom. The van der Waals surface area contributed by atoms with Crippen molar-refractivity contribution in [3.8, 4) is 11.4 Å². The van der Waals surface area contributed by atoms with Crippen molar-refractivity contribution in [2.75, 3.05) is 0 Å². The molecule has 2 rings (SSSR count). The highest BCUT2D eigenvalue weighted by molar-refractivity contribution is 5.36. The summed E-state index contributed by atoms with van der Waals surface area (Å²) in [6, 6.07) is 7.80. The molecule has 2 aromatic rings. The third-order valence-electron chi connectivity index (χ3n) is 2.25. The SMILES string of the molecule is Cc1ccc(=O)n(-c2ccc(OC(F)(F)F)cc2)n1. The number of nitrogens with zero attached hydrogens (tertiary/aromatic N) is 2. The molecule has 4 nitrogen and oxygen atoms in total. The molecule has 0 saturated carbocycles. The summed E-state index contributed by atoms with van der Waals surface area (Å²) in [5.74, 6) is -0.350. The molecule has 0 atom stereocenters. The average Bonchev–Trinajstić information content (AvgIpc) is 2.31. The van der Waals surface area contributed by atoms with Crippen molar-refractivity contribution in [2.24, 2.45) is 0 Å². The molecule has 0 amide bonds. The number of hydrogen-bond donors (Lipinski definition) is 0. The molecule has 100 valence electrons. The summed E-state index contributed by atoms with van der Waals surface area (Å²) in [6.45, 7) is 1.71. The van der Waals surface area contributed by atoms with E-state index in [1.165, 1.54) is 18.2 Å². The van der Waals surface area contributed by atoms with Gasteiger partial charge >= 0.3 is 6.36 Å². The van der Waals surface area contributed by atoms with E-state index in [2.05, 4.69) is 9.84 Å². The number of ether oxygens (including phenoxy) is 1. The summed E-state index contributed by atoms with van der Waals surface area (Å²) in [5, 5.41) is 3.99. The number of aromatic nitrogens is 2. The van der Waals surface area contributed by atoms with Crippen LogP contribution in [0.2, 0.25) is 0 Å². The number of aryl methyl sites for hydroxylation is 1. The van der Waals surface area contributed by atoms with Gasteiger partial charge in [-0.05, 0) is 37.3 Å². The maximum atomic E-state index is 12.0. The van der Waals surface area contributed by atoms with Crippen LogP contribution in [-0.2, 0) is 0 Å². The molecule has 0 bridgehead atoms. The smallest absolute Gasteiger partial charge is 0.406 e. The summed E-state index contributed by atoms with van der Waals surface area (Å²) < 4.78 is 40.8. The maximum absolute atomic E-state index is 12.0. The molecule has 1 aromatic carbocycles. The molecular formula is C12H9F3N2O2. The summed E-state index contributed by atoms with van der Waals surface area (Å²) in [7, 11) is 0. The largest absolute Gasteiger partial charge is 0.573 e. The summed E-state index contributed by atoms with van der Waals surface area (Å²) in [4.78, 5) is 11.6. The van der Waals surface area contributed by atoms with Crippen molar-refractivity contribution >= 4 is 0 Å². The van der Waals surface area contributed by atoms with Gasteiger partial charge in [0.2, 0.25) is 0 Å². The molecule has 0 radical (unpaired) electrons. The van der Waals surface area contributed by atoms with Crippen molar-refractivity contribution in [3.05, 3.63) is 52.4 Å². The van der Waals surface area contributed by atoms with Gasteiger partial charge in [-0.1, -0.05) is 0 Å². The molecular weight excluding hydrogens is 261 g/mol. The molecule has 7 heteroatoms. The first-order valence-corrected chi connectivity index (χ1v) is 5.28. The second-order valence-electron chi connectivity index (χ2n) is 3.77. The van der Waals surface area contributed by atoms with Crippen LogP contribution in [0.3, 0.4) is 0 Å². The lowest BCUT2D eigenvalue weighted by Crippen LogP contribution is -2.20. The van der Waals surface area contributed by atoms with Crippen LogP contribution in [0.15, 0.2) is 41.2 Å². The first kappa shape index (κ1) is 13.1. The lowest BCUT2D eigenvalue weighted by Gasteiger charge is -2.09. The number of benzene rings is 1. The van der Waals surface area contributed by atoms with Crippen LogP contribution >= 0.6 is 0 Å². The summed E-state index contributed by atoms with van der Waals surface area (Å²) in [6.07, 6.45) is -4.74. The number of alkyl halides is 3. The van der Waals surface area contributed by atoms with E-state index in [9.17, 15) is 18.0 Å². The van der Waals surface area contributed by atoms with Gasteiger partial charge in [-0.2, -0.15) is 9.78 Å². The van der Waals surface area contributed by atoms with E-state index < -0.39 is 6.36 Å². The van der Waals surface area contributed by atoms with Gasteiger partial charge in [0.05, 0.1) is 11.4 Å². The van der Waals surface area contributed by atoms with Gasteiger partial charge in [-0.15, -0.1) is 13.2 Å². The van der Waals surface area contributed by atoms with E-state index in [0.29, 0.717) is 11.4 Å². The van der Waals surface area contributed by atoms with E-state index in [4.69, 9.17) is 0 Å². The summed E-state index contributed by atoms with van der Waals surface area (Å²) >= 11 is 0. The normalized spacial score (nSPS) is 11.4. The van der Waals surface area contributed by atoms with Gasteiger partial charge in [-0.3, -0.25) is 4.79 Å². The maximum Gasteiger partial charge on any atom is 0.573 e. The van der Waals surface area contributed by atoms with E-state index in [1.54, 1.807) is 13.0 Å². The minimum Gasteiger partial charge on any atom is -0.406 e. The predicted molar refractivity (Wildman–Crippen MR) is 61.3 cm³/mol. The number of hydrogen-bond acceptors (Lipinski definition) is 3. The molecule has 1 heterocycles. The zero-order valence-corrected chi connectivity index (χ0v) is 9.81. The molecule has 0 N–H and O–H groups in total. The van der Waals surface area contributed by atoms with Crippen molar-refractivity contribution < 1.29 is 17.9 Å². The van der Waals surface area contributed by atoms with Crippen LogP contribution in [0, 0.1) is 6.92 Å². The zero-order chi connectivity index (χ0) is 14.0. The Morgan fingerprint density at radius 2 is 1.74 bits per heavy atom. The summed E-state index contributed by atoms with van der Waals surface area (Å²) in [5.41, 5.74) is 0.619. The number of halogens is 3. The van der Waals surface area contributed by atoms with Gasteiger partial charge in [0, 0.05) is 6.07 Å². The molecule has 0 aliphatic rings. The van der Waals surface area contributed by atoms with Crippen molar-refractivity contribution in [3.63, 3.8) is 0 Å².